The van der Waals surface area contributed by atoms with E-state index in [4.69, 9.17) is 0 Å². The molecule has 1 heteroatoms. The molecule has 1 nitrogen and oxygen atoms in total. The molecule has 0 spiro atoms. The molecule has 0 amide bonds. The van der Waals surface area contributed by atoms with Crippen LogP contribution in [0.25, 0.3) is 6.08 Å². The first kappa shape index (κ1) is 7.03. The lowest BCUT2D eigenvalue weighted by Gasteiger charge is -1.97. The Hall–Kier alpha value is -1.08. The van der Waals surface area contributed by atoms with Gasteiger partial charge in [0.25, 0.3) is 0 Å². The van der Waals surface area contributed by atoms with Crippen LogP contribution in [-0.2, 0) is 11.7 Å². The molecule has 10 heavy (non-hydrogen) atoms. The minimum absolute atomic E-state index is 0.164. The highest BCUT2D eigenvalue weighted by Crippen LogP contribution is 2.08. The van der Waals surface area contributed by atoms with Crippen LogP contribution >= 0.6 is 0 Å². The molecule has 1 aromatic carbocycles. The summed E-state index contributed by atoms with van der Waals surface area (Å²) in [5.41, 5.74) is 1.76. The van der Waals surface area contributed by atoms with Gasteiger partial charge in [0.2, 0.25) is 0 Å². The van der Waals surface area contributed by atoms with Gasteiger partial charge in [-0.25, -0.2) is 5.11 Å². The lowest BCUT2D eigenvalue weighted by atomic mass is 10.1. The molecule has 0 aliphatic heterocycles. The van der Waals surface area contributed by atoms with Crippen LogP contribution in [-0.4, -0.2) is 0 Å². The van der Waals surface area contributed by atoms with Gasteiger partial charge in [-0.05, 0) is 11.1 Å². The Morgan fingerprint density at radius 3 is 2.60 bits per heavy atom. The van der Waals surface area contributed by atoms with Crippen molar-refractivity contribution in [3.63, 3.8) is 0 Å². The van der Waals surface area contributed by atoms with Gasteiger partial charge in [0.15, 0.2) is 0 Å². The maximum Gasteiger partial charge on any atom is 0.108 e. The van der Waals surface area contributed by atoms with E-state index in [0.717, 1.165) is 11.1 Å². The zero-order chi connectivity index (χ0) is 7.40. The van der Waals surface area contributed by atoms with Crippen molar-refractivity contribution >= 4 is 6.08 Å². The SMILES string of the molecule is C=Cc1ccccc1C[O]. The number of hydrogen-bond acceptors (Lipinski definition) is 0. The average Bonchev–Trinajstić information content (AvgIpc) is 2.04. The molecule has 1 aromatic rings. The van der Waals surface area contributed by atoms with Crippen molar-refractivity contribution in [1.29, 1.82) is 0 Å². The molecular formula is C9H9O. The summed E-state index contributed by atoms with van der Waals surface area (Å²) in [7, 11) is 0. The van der Waals surface area contributed by atoms with Crippen LogP contribution in [0.3, 0.4) is 0 Å². The van der Waals surface area contributed by atoms with Crippen LogP contribution in [0.4, 0.5) is 0 Å². The predicted molar refractivity (Wildman–Crippen MR) is 40.9 cm³/mol. The summed E-state index contributed by atoms with van der Waals surface area (Å²) in [4.78, 5) is 0. The lowest BCUT2D eigenvalue weighted by molar-refractivity contribution is 0.177. The van der Waals surface area contributed by atoms with Crippen molar-refractivity contribution in [3.8, 4) is 0 Å². The zero-order valence-electron chi connectivity index (χ0n) is 5.71. The van der Waals surface area contributed by atoms with Gasteiger partial charge in [-0.1, -0.05) is 36.9 Å². The van der Waals surface area contributed by atoms with Gasteiger partial charge in [0.05, 0.1) is 0 Å². The van der Waals surface area contributed by atoms with E-state index >= 15 is 0 Å². The summed E-state index contributed by atoms with van der Waals surface area (Å²) in [5.74, 6) is 0. The molecule has 1 rings (SSSR count). The van der Waals surface area contributed by atoms with Gasteiger partial charge in [-0.2, -0.15) is 0 Å². The first-order chi connectivity index (χ1) is 4.88. The quantitative estimate of drug-likeness (QED) is 0.589. The Labute approximate surface area is 60.6 Å². The second kappa shape index (κ2) is 3.18. The van der Waals surface area contributed by atoms with Crippen molar-refractivity contribution in [3.05, 3.63) is 42.0 Å². The van der Waals surface area contributed by atoms with E-state index in [1.807, 2.05) is 24.3 Å². The number of rotatable bonds is 2. The molecule has 0 saturated heterocycles. The first-order valence-corrected chi connectivity index (χ1v) is 3.17. The van der Waals surface area contributed by atoms with Gasteiger partial charge in [0.1, 0.15) is 6.61 Å². The number of benzene rings is 1. The Bertz CT molecular complexity index is 228. The molecule has 0 aliphatic rings. The van der Waals surface area contributed by atoms with Crippen LogP contribution in [0.15, 0.2) is 30.8 Å². The number of hydrogen-bond donors (Lipinski definition) is 0. The Balaban J connectivity index is 3.08. The topological polar surface area (TPSA) is 19.9 Å². The molecule has 1 radical (unpaired) electrons. The van der Waals surface area contributed by atoms with Crippen molar-refractivity contribution < 1.29 is 5.11 Å². The fourth-order valence-corrected chi connectivity index (χ4v) is 0.865. The van der Waals surface area contributed by atoms with Crippen LogP contribution in [0.5, 0.6) is 0 Å². The zero-order valence-corrected chi connectivity index (χ0v) is 5.71. The molecule has 0 fully saturated rings. The Morgan fingerprint density at radius 2 is 2.10 bits per heavy atom. The molecule has 0 atom stereocenters. The largest absolute Gasteiger partial charge is 0.232 e. The minimum atomic E-state index is -0.164. The first-order valence-electron chi connectivity index (χ1n) is 3.17. The van der Waals surface area contributed by atoms with Gasteiger partial charge in [-0.3, -0.25) is 0 Å². The maximum absolute atomic E-state index is 10.5. The second-order valence-corrected chi connectivity index (χ2v) is 2.05. The van der Waals surface area contributed by atoms with Gasteiger partial charge < -0.3 is 0 Å². The third-order valence-corrected chi connectivity index (χ3v) is 1.43. The summed E-state index contributed by atoms with van der Waals surface area (Å²) < 4.78 is 0. The molecule has 0 aliphatic carbocycles. The monoisotopic (exact) mass is 133 g/mol. The molecule has 0 heterocycles. The minimum Gasteiger partial charge on any atom is -0.232 e. The van der Waals surface area contributed by atoms with Crippen LogP contribution in [0.1, 0.15) is 11.1 Å². The molecule has 0 N–H and O–H groups in total. The highest BCUT2D eigenvalue weighted by Gasteiger charge is 1.93. The summed E-state index contributed by atoms with van der Waals surface area (Å²) in [6, 6.07) is 7.47. The smallest absolute Gasteiger partial charge is 0.108 e. The summed E-state index contributed by atoms with van der Waals surface area (Å²) in [6.45, 7) is 3.44. The summed E-state index contributed by atoms with van der Waals surface area (Å²) >= 11 is 0. The van der Waals surface area contributed by atoms with Crippen molar-refractivity contribution in [2.45, 2.75) is 6.61 Å². The fourth-order valence-electron chi connectivity index (χ4n) is 0.865. The molecule has 0 bridgehead atoms. The van der Waals surface area contributed by atoms with Crippen LogP contribution in [0, 0.1) is 0 Å². The third kappa shape index (κ3) is 1.25. The normalized spacial score (nSPS) is 9.30. The maximum atomic E-state index is 10.5. The van der Waals surface area contributed by atoms with E-state index in [2.05, 4.69) is 6.58 Å². The van der Waals surface area contributed by atoms with Gasteiger partial charge in [-0.15, -0.1) is 0 Å². The lowest BCUT2D eigenvalue weighted by Crippen LogP contribution is -1.84. The Morgan fingerprint density at radius 1 is 1.40 bits per heavy atom. The molecule has 0 saturated carbocycles. The van der Waals surface area contributed by atoms with E-state index in [0.29, 0.717) is 0 Å². The molecule has 51 valence electrons. The van der Waals surface area contributed by atoms with E-state index < -0.39 is 0 Å². The third-order valence-electron chi connectivity index (χ3n) is 1.43. The van der Waals surface area contributed by atoms with Gasteiger partial charge in [0, 0.05) is 0 Å². The standard InChI is InChI=1S/C9H9O/c1-2-8-5-3-4-6-9(8)7-10/h2-6H,1,7H2. The Kier molecular flexibility index (Phi) is 2.24. The highest BCUT2D eigenvalue weighted by atomic mass is 16.3. The average molecular weight is 133 g/mol. The van der Waals surface area contributed by atoms with E-state index in [1.54, 1.807) is 6.08 Å². The van der Waals surface area contributed by atoms with Crippen molar-refractivity contribution in [2.75, 3.05) is 0 Å². The second-order valence-electron chi connectivity index (χ2n) is 2.05. The van der Waals surface area contributed by atoms with Gasteiger partial charge >= 0.3 is 0 Å². The summed E-state index contributed by atoms with van der Waals surface area (Å²) in [6.07, 6.45) is 1.70. The van der Waals surface area contributed by atoms with Crippen molar-refractivity contribution in [1.82, 2.24) is 0 Å². The van der Waals surface area contributed by atoms with Crippen LogP contribution in [0.2, 0.25) is 0 Å². The van der Waals surface area contributed by atoms with E-state index in [1.165, 1.54) is 0 Å². The molecule has 0 unspecified atom stereocenters. The molecular weight excluding hydrogens is 124 g/mol. The van der Waals surface area contributed by atoms with Crippen molar-refractivity contribution in [2.24, 2.45) is 0 Å². The van der Waals surface area contributed by atoms with Crippen LogP contribution < -0.4 is 0 Å². The molecule has 0 aromatic heterocycles. The highest BCUT2D eigenvalue weighted by molar-refractivity contribution is 5.51. The fraction of sp³-hybridized carbons (Fsp3) is 0.111. The van der Waals surface area contributed by atoms with E-state index in [-0.39, 0.29) is 6.61 Å². The predicted octanol–water partition coefficient (Wildman–Crippen LogP) is 2.26. The van der Waals surface area contributed by atoms with E-state index in [9.17, 15) is 5.11 Å². The summed E-state index contributed by atoms with van der Waals surface area (Å²) in [5, 5.41) is 10.5.